The minimum Gasteiger partial charge on any atom is -0.462 e. The fourth-order valence-corrected chi connectivity index (χ4v) is 6.40. The van der Waals surface area contributed by atoms with E-state index in [4.69, 9.17) is 18.5 Å². The smallest absolute Gasteiger partial charge is 0.462 e. The number of rotatable bonds is 41. The van der Waals surface area contributed by atoms with Gasteiger partial charge in [0.15, 0.2) is 6.10 Å². The van der Waals surface area contributed by atoms with Crippen LogP contribution in [0.4, 0.5) is 0 Å². The molecule has 0 saturated heterocycles. The van der Waals surface area contributed by atoms with E-state index in [9.17, 15) is 24.2 Å². The van der Waals surface area contributed by atoms with Crippen molar-refractivity contribution in [2.75, 3.05) is 47.5 Å². The van der Waals surface area contributed by atoms with Crippen molar-refractivity contribution in [2.24, 2.45) is 0 Å². The standard InChI is InChI=1S/C51H86NO9P/c1-6-8-9-10-11-12-13-14-15-16-17-18-19-20-24-27-30-33-36-39-42-50(54)58-46-49(47-60-62(56,57)59-45-44-52(3,4)5)61-51(55)43-40-37-34-31-28-25-22-21-23-26-29-32-35-38-41-48(53)7-2/h12-13,15-16,18-19,22-23,25-26,31-32,34-35,38,41,48-49,53H,6-11,14,17,20-21,24,27-30,33,36-37,39-40,42-47H2,1-5H3/p+1/b13-12-,16-15-,19-18-,25-22-,26-23-,34-31-,35-32-,41-38+/t48-,49-/m1/s1. The van der Waals surface area contributed by atoms with Crippen LogP contribution in [0.2, 0.25) is 0 Å². The predicted molar refractivity (Wildman–Crippen MR) is 258 cm³/mol. The lowest BCUT2D eigenvalue weighted by Gasteiger charge is -2.24. The largest absolute Gasteiger partial charge is 0.472 e. The number of aliphatic hydroxyl groups is 1. The van der Waals surface area contributed by atoms with E-state index >= 15 is 0 Å². The first-order valence-corrected chi connectivity index (χ1v) is 25.1. The molecule has 0 saturated carbocycles. The third-order valence-electron chi connectivity index (χ3n) is 9.51. The highest BCUT2D eigenvalue weighted by atomic mass is 31.2. The molecule has 0 spiro atoms. The van der Waals surface area contributed by atoms with E-state index < -0.39 is 32.5 Å². The van der Waals surface area contributed by atoms with Crippen LogP contribution < -0.4 is 0 Å². The fourth-order valence-electron chi connectivity index (χ4n) is 5.65. The first-order chi connectivity index (χ1) is 29.9. The number of likely N-dealkylation sites (N-methyl/N-ethyl adjacent to an activating group) is 1. The van der Waals surface area contributed by atoms with Gasteiger partial charge in [0.1, 0.15) is 19.8 Å². The van der Waals surface area contributed by atoms with Gasteiger partial charge in [0.2, 0.25) is 0 Å². The van der Waals surface area contributed by atoms with Crippen LogP contribution in [0, 0.1) is 0 Å². The van der Waals surface area contributed by atoms with Crippen molar-refractivity contribution in [3.63, 3.8) is 0 Å². The van der Waals surface area contributed by atoms with Gasteiger partial charge < -0.3 is 24.0 Å². The van der Waals surface area contributed by atoms with Gasteiger partial charge >= 0.3 is 19.8 Å². The minimum absolute atomic E-state index is 0.00654. The average Bonchev–Trinajstić information content (AvgIpc) is 3.23. The van der Waals surface area contributed by atoms with Gasteiger partial charge in [0.25, 0.3) is 0 Å². The summed E-state index contributed by atoms with van der Waals surface area (Å²) in [5.41, 5.74) is 0. The molecule has 0 aromatic rings. The second kappa shape index (κ2) is 41.9. The van der Waals surface area contributed by atoms with Gasteiger partial charge in [-0.2, -0.15) is 0 Å². The van der Waals surface area contributed by atoms with E-state index in [0.29, 0.717) is 36.7 Å². The normalized spacial score (nSPS) is 14.9. The van der Waals surface area contributed by atoms with Crippen LogP contribution in [0.5, 0.6) is 0 Å². The highest BCUT2D eigenvalue weighted by Gasteiger charge is 2.27. The number of allylic oxidation sites excluding steroid dienone is 15. The molecule has 3 atom stereocenters. The number of nitrogens with zero attached hydrogens (tertiary/aromatic N) is 1. The molecule has 0 fully saturated rings. The van der Waals surface area contributed by atoms with Gasteiger partial charge in [-0.1, -0.05) is 156 Å². The van der Waals surface area contributed by atoms with E-state index in [0.717, 1.165) is 70.6 Å². The molecule has 1 unspecified atom stereocenters. The molecular formula is C51H87NO9P+. The van der Waals surface area contributed by atoms with Crippen molar-refractivity contribution < 1.29 is 47.2 Å². The Hall–Kier alpha value is -3.11. The first-order valence-electron chi connectivity index (χ1n) is 23.6. The molecule has 0 aromatic heterocycles. The minimum atomic E-state index is -4.41. The molecule has 0 aliphatic carbocycles. The van der Waals surface area contributed by atoms with Crippen LogP contribution in [0.3, 0.4) is 0 Å². The van der Waals surface area contributed by atoms with E-state index in [-0.39, 0.29) is 32.2 Å². The lowest BCUT2D eigenvalue weighted by Crippen LogP contribution is -2.37. The Morgan fingerprint density at radius 2 is 1.06 bits per heavy atom. The Bertz CT molecular complexity index is 1390. The zero-order valence-electron chi connectivity index (χ0n) is 39.4. The molecule has 0 bridgehead atoms. The summed E-state index contributed by atoms with van der Waals surface area (Å²) >= 11 is 0. The summed E-state index contributed by atoms with van der Waals surface area (Å²) in [6.45, 7) is 3.96. The van der Waals surface area contributed by atoms with Crippen LogP contribution in [-0.2, 0) is 32.7 Å². The van der Waals surface area contributed by atoms with E-state index in [2.05, 4.69) is 73.8 Å². The molecule has 354 valence electrons. The number of ether oxygens (including phenoxy) is 2. The molecule has 11 heteroatoms. The molecule has 0 radical (unpaired) electrons. The summed E-state index contributed by atoms with van der Waals surface area (Å²) in [7, 11) is 1.39. The van der Waals surface area contributed by atoms with Gasteiger partial charge in [-0.05, 0) is 83.5 Å². The summed E-state index contributed by atoms with van der Waals surface area (Å²) in [4.78, 5) is 35.4. The second-order valence-electron chi connectivity index (χ2n) is 16.6. The Labute approximate surface area is 377 Å². The quantitative estimate of drug-likeness (QED) is 0.0154. The number of phosphoric acid groups is 1. The number of carbonyl (C=O) groups excluding carboxylic acids is 2. The van der Waals surface area contributed by atoms with Crippen molar-refractivity contribution in [2.45, 2.75) is 167 Å². The Morgan fingerprint density at radius 1 is 0.581 bits per heavy atom. The second-order valence-corrected chi connectivity index (χ2v) is 18.1. The monoisotopic (exact) mass is 889 g/mol. The summed E-state index contributed by atoms with van der Waals surface area (Å²) < 4.78 is 34.3. The van der Waals surface area contributed by atoms with Crippen molar-refractivity contribution >= 4 is 19.8 Å². The zero-order chi connectivity index (χ0) is 45.8. The maximum atomic E-state index is 12.7. The van der Waals surface area contributed by atoms with E-state index in [1.807, 2.05) is 52.4 Å². The number of phosphoric ester groups is 1. The molecular weight excluding hydrogens is 802 g/mol. The number of unbranched alkanes of at least 4 members (excludes halogenated alkanes) is 11. The Morgan fingerprint density at radius 3 is 1.61 bits per heavy atom. The van der Waals surface area contributed by atoms with Gasteiger partial charge in [-0.3, -0.25) is 18.6 Å². The molecule has 0 amide bonds. The van der Waals surface area contributed by atoms with Crippen LogP contribution in [-0.4, -0.2) is 86.1 Å². The third kappa shape index (κ3) is 44.9. The van der Waals surface area contributed by atoms with Crippen LogP contribution in [0.15, 0.2) is 97.2 Å². The van der Waals surface area contributed by atoms with Gasteiger partial charge in [0, 0.05) is 12.8 Å². The molecule has 0 aromatic carbocycles. The SMILES string of the molecule is CCCCCC/C=C\C/C=C\C/C=C\CCCCCCCCC(=O)OC[C@H](COP(=O)(O)OCC[N+](C)(C)C)OC(=O)CCC/C=C\C/C=C\C/C=C\C/C=C\C=C\[C@H](O)CC. The van der Waals surface area contributed by atoms with Crippen molar-refractivity contribution in [1.29, 1.82) is 0 Å². The van der Waals surface area contributed by atoms with Gasteiger partial charge in [0.05, 0.1) is 33.9 Å². The Kier molecular flexibility index (Phi) is 39.8. The summed E-state index contributed by atoms with van der Waals surface area (Å²) in [5.74, 6) is -0.910. The third-order valence-corrected chi connectivity index (χ3v) is 10.5. The molecule has 0 rings (SSSR count). The van der Waals surface area contributed by atoms with Crippen LogP contribution in [0.1, 0.15) is 155 Å². The van der Waals surface area contributed by atoms with Gasteiger partial charge in [-0.25, -0.2) is 4.57 Å². The van der Waals surface area contributed by atoms with E-state index in [1.54, 1.807) is 6.08 Å². The summed E-state index contributed by atoms with van der Waals surface area (Å²) in [6, 6.07) is 0. The van der Waals surface area contributed by atoms with E-state index in [1.165, 1.54) is 32.1 Å². The molecule has 0 aliphatic rings. The fraction of sp³-hybridized carbons (Fsp3) is 0.647. The highest BCUT2D eigenvalue weighted by Crippen LogP contribution is 2.43. The van der Waals surface area contributed by atoms with Crippen LogP contribution in [0.25, 0.3) is 0 Å². The molecule has 0 heterocycles. The lowest BCUT2D eigenvalue weighted by atomic mass is 10.1. The number of quaternary nitrogens is 1. The number of aliphatic hydroxyl groups excluding tert-OH is 1. The average molecular weight is 889 g/mol. The number of hydrogen-bond donors (Lipinski definition) is 2. The topological polar surface area (TPSA) is 129 Å². The molecule has 2 N–H and O–H groups in total. The van der Waals surface area contributed by atoms with Crippen molar-refractivity contribution in [3.8, 4) is 0 Å². The summed E-state index contributed by atoms with van der Waals surface area (Å²) in [5, 5.41) is 9.49. The predicted octanol–water partition coefficient (Wildman–Crippen LogP) is 12.7. The number of carbonyl (C=O) groups is 2. The van der Waals surface area contributed by atoms with Crippen molar-refractivity contribution in [3.05, 3.63) is 97.2 Å². The summed E-state index contributed by atoms with van der Waals surface area (Å²) in [6.07, 6.45) is 52.7. The highest BCUT2D eigenvalue weighted by molar-refractivity contribution is 7.47. The Balaban J connectivity index is 4.47. The maximum Gasteiger partial charge on any atom is 0.472 e. The number of esters is 2. The molecule has 10 nitrogen and oxygen atoms in total. The zero-order valence-corrected chi connectivity index (χ0v) is 40.3. The van der Waals surface area contributed by atoms with Gasteiger partial charge in [-0.15, -0.1) is 0 Å². The maximum absolute atomic E-state index is 12.7. The lowest BCUT2D eigenvalue weighted by molar-refractivity contribution is -0.870. The molecule has 62 heavy (non-hydrogen) atoms. The van der Waals surface area contributed by atoms with Crippen LogP contribution >= 0.6 is 7.82 Å². The molecule has 0 aliphatic heterocycles. The first kappa shape index (κ1) is 58.9. The number of hydrogen-bond acceptors (Lipinski definition) is 8. The van der Waals surface area contributed by atoms with Crippen molar-refractivity contribution in [1.82, 2.24) is 0 Å².